The molecule has 0 aromatic heterocycles. The first-order valence-electron chi connectivity index (χ1n) is 4.19. The van der Waals surface area contributed by atoms with E-state index < -0.39 is 0 Å². The molecule has 2 heteroatoms. The van der Waals surface area contributed by atoms with Crippen LogP contribution in [0.4, 0.5) is 0 Å². The van der Waals surface area contributed by atoms with Crippen LogP contribution >= 0.6 is 0 Å². The maximum Gasteiger partial charge on any atom is 0.125 e. The first-order valence-corrected chi connectivity index (χ1v) is 4.19. The predicted octanol–water partition coefficient (Wildman–Crippen LogP) is 2.40. The van der Waals surface area contributed by atoms with Gasteiger partial charge in [-0.25, -0.2) is 0 Å². The lowest BCUT2D eigenvalue weighted by atomic mass is 10.2. The number of benzene rings is 1. The zero-order valence-electron chi connectivity index (χ0n) is 7.82. The highest BCUT2D eigenvalue weighted by atomic mass is 16.5. The van der Waals surface area contributed by atoms with Gasteiger partial charge < -0.3 is 9.47 Å². The summed E-state index contributed by atoms with van der Waals surface area (Å²) in [6.45, 7) is 4.70. The fourth-order valence-corrected chi connectivity index (χ4v) is 1.07. The summed E-state index contributed by atoms with van der Waals surface area (Å²) in [7, 11) is 1.67. The van der Waals surface area contributed by atoms with Crippen LogP contribution in [0.1, 0.15) is 5.56 Å². The number of hydrogen-bond donors (Lipinski definition) is 0. The fourth-order valence-electron chi connectivity index (χ4n) is 1.07. The van der Waals surface area contributed by atoms with Crippen LogP contribution in [0, 0.1) is 0 Å². The van der Waals surface area contributed by atoms with E-state index in [1.807, 2.05) is 24.3 Å². The van der Waals surface area contributed by atoms with Gasteiger partial charge in [0.25, 0.3) is 0 Å². The molecule has 0 unspecified atom stereocenters. The van der Waals surface area contributed by atoms with Gasteiger partial charge in [-0.2, -0.15) is 0 Å². The molecule has 0 N–H and O–H groups in total. The van der Waals surface area contributed by atoms with Gasteiger partial charge >= 0.3 is 0 Å². The van der Waals surface area contributed by atoms with Crippen LogP contribution in [0.25, 0.3) is 0 Å². The van der Waals surface area contributed by atoms with Gasteiger partial charge in [0, 0.05) is 12.7 Å². The number of para-hydroxylation sites is 1. The summed E-state index contributed by atoms with van der Waals surface area (Å²) in [6, 6.07) is 7.83. The van der Waals surface area contributed by atoms with E-state index >= 15 is 0 Å². The number of rotatable bonds is 5. The third-order valence-corrected chi connectivity index (χ3v) is 1.63. The van der Waals surface area contributed by atoms with E-state index in [-0.39, 0.29) is 0 Å². The quantitative estimate of drug-likeness (QED) is 0.644. The molecule has 0 aliphatic rings. The monoisotopic (exact) mass is 178 g/mol. The maximum absolute atomic E-state index is 5.44. The Morgan fingerprint density at radius 2 is 2.15 bits per heavy atom. The molecule has 2 nitrogen and oxygen atoms in total. The Kier molecular flexibility index (Phi) is 4.06. The van der Waals surface area contributed by atoms with Crippen LogP contribution in [0.5, 0.6) is 5.75 Å². The van der Waals surface area contributed by atoms with Crippen LogP contribution in [0.2, 0.25) is 0 Å². The van der Waals surface area contributed by atoms with Gasteiger partial charge in [-0.05, 0) is 6.07 Å². The molecule has 1 aromatic rings. The van der Waals surface area contributed by atoms with Crippen molar-refractivity contribution in [3.8, 4) is 5.75 Å². The molecule has 0 fully saturated rings. The average molecular weight is 178 g/mol. The van der Waals surface area contributed by atoms with E-state index in [0.29, 0.717) is 13.2 Å². The summed E-state index contributed by atoms with van der Waals surface area (Å²) in [5, 5.41) is 0. The zero-order chi connectivity index (χ0) is 9.52. The van der Waals surface area contributed by atoms with Crippen LogP contribution in [0.3, 0.4) is 0 Å². The second-order valence-corrected chi connectivity index (χ2v) is 2.64. The molecule has 0 heterocycles. The summed E-state index contributed by atoms with van der Waals surface area (Å²) in [4.78, 5) is 0. The van der Waals surface area contributed by atoms with E-state index in [0.717, 1.165) is 11.3 Å². The summed E-state index contributed by atoms with van der Waals surface area (Å²) in [5.74, 6) is 0.865. The molecule has 0 amide bonds. The maximum atomic E-state index is 5.44. The minimum atomic E-state index is 0.528. The number of hydrogen-bond acceptors (Lipinski definition) is 2. The number of ether oxygens (including phenoxy) is 2. The zero-order valence-corrected chi connectivity index (χ0v) is 7.82. The lowest BCUT2D eigenvalue weighted by Crippen LogP contribution is -1.97. The summed E-state index contributed by atoms with van der Waals surface area (Å²) in [6.07, 6.45) is 1.73. The summed E-state index contributed by atoms with van der Waals surface area (Å²) >= 11 is 0. The van der Waals surface area contributed by atoms with Gasteiger partial charge in [0.15, 0.2) is 0 Å². The highest BCUT2D eigenvalue weighted by molar-refractivity contribution is 5.32. The number of methoxy groups -OCH3 is 1. The van der Waals surface area contributed by atoms with Gasteiger partial charge in [-0.1, -0.05) is 30.9 Å². The molecule has 13 heavy (non-hydrogen) atoms. The van der Waals surface area contributed by atoms with E-state index in [1.165, 1.54) is 0 Å². The van der Waals surface area contributed by atoms with E-state index in [2.05, 4.69) is 6.58 Å². The van der Waals surface area contributed by atoms with Crippen molar-refractivity contribution < 1.29 is 9.47 Å². The Balaban J connectivity index is 2.71. The Morgan fingerprint density at radius 3 is 2.85 bits per heavy atom. The van der Waals surface area contributed by atoms with Crippen molar-refractivity contribution in [2.24, 2.45) is 0 Å². The SMILES string of the molecule is C=CCOc1ccccc1COC. The van der Waals surface area contributed by atoms with Crippen molar-refractivity contribution >= 4 is 0 Å². The normalized spacial score (nSPS) is 9.62. The molecule has 1 aromatic carbocycles. The van der Waals surface area contributed by atoms with Gasteiger partial charge in [0.05, 0.1) is 6.61 Å². The van der Waals surface area contributed by atoms with Crippen molar-refractivity contribution in [2.45, 2.75) is 6.61 Å². The largest absolute Gasteiger partial charge is 0.489 e. The molecule has 0 radical (unpaired) electrons. The van der Waals surface area contributed by atoms with Crippen LogP contribution in [-0.2, 0) is 11.3 Å². The first kappa shape index (κ1) is 9.81. The molecular formula is C11H14O2. The van der Waals surface area contributed by atoms with Crippen LogP contribution in [-0.4, -0.2) is 13.7 Å². The standard InChI is InChI=1S/C11H14O2/c1-3-8-13-11-7-5-4-6-10(11)9-12-2/h3-7H,1,8-9H2,2H3. The van der Waals surface area contributed by atoms with Crippen molar-refractivity contribution in [1.29, 1.82) is 0 Å². The molecule has 0 spiro atoms. The van der Waals surface area contributed by atoms with E-state index in [9.17, 15) is 0 Å². The Morgan fingerprint density at radius 1 is 1.38 bits per heavy atom. The van der Waals surface area contributed by atoms with Crippen molar-refractivity contribution in [1.82, 2.24) is 0 Å². The minimum Gasteiger partial charge on any atom is -0.489 e. The third-order valence-electron chi connectivity index (χ3n) is 1.63. The fraction of sp³-hybridized carbons (Fsp3) is 0.273. The second-order valence-electron chi connectivity index (χ2n) is 2.64. The lowest BCUT2D eigenvalue weighted by molar-refractivity contribution is 0.181. The third kappa shape index (κ3) is 2.92. The molecular weight excluding hydrogens is 164 g/mol. The van der Waals surface area contributed by atoms with Crippen molar-refractivity contribution in [3.63, 3.8) is 0 Å². The molecule has 1 rings (SSSR count). The highest BCUT2D eigenvalue weighted by Crippen LogP contribution is 2.18. The summed E-state index contributed by atoms with van der Waals surface area (Å²) < 4.78 is 10.5. The summed E-state index contributed by atoms with van der Waals surface area (Å²) in [5.41, 5.74) is 1.06. The van der Waals surface area contributed by atoms with Crippen molar-refractivity contribution in [2.75, 3.05) is 13.7 Å². The van der Waals surface area contributed by atoms with Gasteiger partial charge in [-0.15, -0.1) is 0 Å². The smallest absolute Gasteiger partial charge is 0.125 e. The Bertz CT molecular complexity index is 269. The lowest BCUT2D eigenvalue weighted by Gasteiger charge is -2.08. The molecule has 0 saturated carbocycles. The molecule has 0 bridgehead atoms. The van der Waals surface area contributed by atoms with Gasteiger partial charge in [0.2, 0.25) is 0 Å². The topological polar surface area (TPSA) is 18.5 Å². The Hall–Kier alpha value is -1.28. The average Bonchev–Trinajstić information content (AvgIpc) is 2.17. The predicted molar refractivity (Wildman–Crippen MR) is 52.8 cm³/mol. The van der Waals surface area contributed by atoms with Crippen LogP contribution in [0.15, 0.2) is 36.9 Å². The van der Waals surface area contributed by atoms with E-state index in [1.54, 1.807) is 13.2 Å². The molecule has 0 aliphatic carbocycles. The van der Waals surface area contributed by atoms with Crippen LogP contribution < -0.4 is 4.74 Å². The molecule has 0 atom stereocenters. The van der Waals surface area contributed by atoms with Gasteiger partial charge in [-0.3, -0.25) is 0 Å². The first-order chi connectivity index (χ1) is 6.38. The molecule has 0 saturated heterocycles. The highest BCUT2D eigenvalue weighted by Gasteiger charge is 2.00. The van der Waals surface area contributed by atoms with Crippen molar-refractivity contribution in [3.05, 3.63) is 42.5 Å². The van der Waals surface area contributed by atoms with Gasteiger partial charge in [0.1, 0.15) is 12.4 Å². The second kappa shape index (κ2) is 5.38. The minimum absolute atomic E-state index is 0.528. The Labute approximate surface area is 78.8 Å². The van der Waals surface area contributed by atoms with E-state index in [4.69, 9.17) is 9.47 Å². The molecule has 70 valence electrons. The molecule has 0 aliphatic heterocycles.